The Morgan fingerprint density at radius 1 is 1.03 bits per heavy atom. The van der Waals surface area contributed by atoms with Gasteiger partial charge in [0.15, 0.2) is 0 Å². The summed E-state index contributed by atoms with van der Waals surface area (Å²) in [6.07, 6.45) is -0.0458. The number of thiophene rings is 1. The van der Waals surface area contributed by atoms with Crippen LogP contribution in [0.1, 0.15) is 41.8 Å². The molecule has 1 fully saturated rings. The van der Waals surface area contributed by atoms with Gasteiger partial charge in [-0.25, -0.2) is 14.8 Å². The van der Waals surface area contributed by atoms with Crippen molar-refractivity contribution in [3.63, 3.8) is 0 Å². The van der Waals surface area contributed by atoms with Crippen molar-refractivity contribution in [3.8, 4) is 0 Å². The van der Waals surface area contributed by atoms with Gasteiger partial charge in [0, 0.05) is 33.1 Å². The minimum atomic E-state index is -0.400. The van der Waals surface area contributed by atoms with E-state index in [4.69, 9.17) is 9.47 Å². The SMILES string of the molecule is CCOC(=O)Cc1nc(N2CCN(C(C)=O)CC2)c2c(C)c(C(=O)OCC)sc2n1. The lowest BCUT2D eigenvalue weighted by atomic mass is 10.1. The smallest absolute Gasteiger partial charge is 0.348 e. The Balaban J connectivity index is 2.04. The van der Waals surface area contributed by atoms with Gasteiger partial charge in [0.1, 0.15) is 27.8 Å². The van der Waals surface area contributed by atoms with Crippen LogP contribution in [0.15, 0.2) is 0 Å². The second-order valence-electron chi connectivity index (χ2n) is 6.90. The number of esters is 2. The van der Waals surface area contributed by atoms with Crippen LogP contribution in [0.2, 0.25) is 0 Å². The summed E-state index contributed by atoms with van der Waals surface area (Å²) in [6, 6.07) is 0. The maximum Gasteiger partial charge on any atom is 0.348 e. The minimum Gasteiger partial charge on any atom is -0.466 e. The number of aryl methyl sites for hydroxylation is 1. The van der Waals surface area contributed by atoms with Gasteiger partial charge < -0.3 is 19.3 Å². The summed E-state index contributed by atoms with van der Waals surface area (Å²) in [6.45, 7) is 9.87. The number of fused-ring (bicyclic) bond motifs is 1. The summed E-state index contributed by atoms with van der Waals surface area (Å²) < 4.78 is 10.2. The number of carbonyl (C=O) groups is 3. The van der Waals surface area contributed by atoms with E-state index in [9.17, 15) is 14.4 Å². The summed E-state index contributed by atoms with van der Waals surface area (Å²) in [5.74, 6) is 0.274. The van der Waals surface area contributed by atoms with Crippen molar-refractivity contribution >= 4 is 45.2 Å². The molecule has 0 N–H and O–H groups in total. The zero-order valence-electron chi connectivity index (χ0n) is 17.7. The topological polar surface area (TPSA) is 102 Å². The Bertz CT molecular complexity index is 966. The quantitative estimate of drug-likeness (QED) is 0.636. The van der Waals surface area contributed by atoms with Gasteiger partial charge in [-0.3, -0.25) is 9.59 Å². The lowest BCUT2D eigenvalue weighted by Gasteiger charge is -2.35. The second-order valence-corrected chi connectivity index (χ2v) is 7.89. The standard InChI is InChI=1S/C20H26N4O5S/c1-5-28-15(26)11-14-21-18(24-9-7-23(8-10-24)13(4)25)16-12(3)17(20(27)29-6-2)30-19(16)22-14/h5-11H2,1-4H3. The first-order chi connectivity index (χ1) is 14.3. The van der Waals surface area contributed by atoms with E-state index < -0.39 is 11.9 Å². The number of hydrogen-bond acceptors (Lipinski definition) is 9. The van der Waals surface area contributed by atoms with E-state index in [-0.39, 0.29) is 25.5 Å². The molecular formula is C20H26N4O5S. The highest BCUT2D eigenvalue weighted by Crippen LogP contribution is 2.36. The summed E-state index contributed by atoms with van der Waals surface area (Å²) in [4.78, 5) is 50.2. The van der Waals surface area contributed by atoms with Crippen molar-refractivity contribution in [1.29, 1.82) is 0 Å². The molecule has 0 unspecified atom stereocenters. The summed E-state index contributed by atoms with van der Waals surface area (Å²) in [7, 11) is 0. The Morgan fingerprint density at radius 3 is 2.30 bits per heavy atom. The molecule has 1 amide bonds. The van der Waals surface area contributed by atoms with Gasteiger partial charge in [-0.1, -0.05) is 0 Å². The highest BCUT2D eigenvalue weighted by Gasteiger charge is 2.27. The van der Waals surface area contributed by atoms with Crippen LogP contribution in [-0.4, -0.2) is 72.1 Å². The van der Waals surface area contributed by atoms with Crippen molar-refractivity contribution in [2.45, 2.75) is 34.1 Å². The molecule has 1 saturated heterocycles. The molecule has 3 heterocycles. The second kappa shape index (κ2) is 9.38. The van der Waals surface area contributed by atoms with Crippen molar-refractivity contribution in [1.82, 2.24) is 14.9 Å². The van der Waals surface area contributed by atoms with Gasteiger partial charge in [0.05, 0.1) is 18.6 Å². The van der Waals surface area contributed by atoms with Crippen molar-refractivity contribution in [2.24, 2.45) is 0 Å². The number of nitrogens with zero attached hydrogens (tertiary/aromatic N) is 4. The summed E-state index contributed by atoms with van der Waals surface area (Å²) in [5, 5.41) is 0.784. The summed E-state index contributed by atoms with van der Waals surface area (Å²) >= 11 is 1.24. The van der Waals surface area contributed by atoms with Gasteiger partial charge in [-0.05, 0) is 26.3 Å². The largest absolute Gasteiger partial charge is 0.466 e. The van der Waals surface area contributed by atoms with Gasteiger partial charge in [-0.2, -0.15) is 0 Å². The van der Waals surface area contributed by atoms with Crippen LogP contribution >= 0.6 is 11.3 Å². The van der Waals surface area contributed by atoms with Gasteiger partial charge >= 0.3 is 11.9 Å². The molecule has 162 valence electrons. The molecule has 0 aromatic carbocycles. The van der Waals surface area contributed by atoms with E-state index in [1.165, 1.54) is 11.3 Å². The monoisotopic (exact) mass is 434 g/mol. The first-order valence-corrected chi connectivity index (χ1v) is 10.8. The van der Waals surface area contributed by atoms with E-state index in [0.29, 0.717) is 47.5 Å². The van der Waals surface area contributed by atoms with Gasteiger partial charge in [0.25, 0.3) is 0 Å². The molecule has 3 rings (SSSR count). The molecule has 0 radical (unpaired) electrons. The molecule has 0 saturated carbocycles. The zero-order valence-corrected chi connectivity index (χ0v) is 18.5. The number of rotatable bonds is 6. The van der Waals surface area contributed by atoms with Crippen LogP contribution in [0, 0.1) is 6.92 Å². The molecule has 2 aromatic rings. The molecule has 0 atom stereocenters. The fourth-order valence-electron chi connectivity index (χ4n) is 3.43. The highest BCUT2D eigenvalue weighted by atomic mass is 32.1. The zero-order chi connectivity index (χ0) is 21.8. The average Bonchev–Trinajstić information content (AvgIpc) is 3.04. The fourth-order valence-corrected chi connectivity index (χ4v) is 4.52. The van der Waals surface area contributed by atoms with Gasteiger partial charge in [0.2, 0.25) is 5.91 Å². The molecule has 0 bridgehead atoms. The molecule has 10 heteroatoms. The maximum absolute atomic E-state index is 12.4. The van der Waals surface area contributed by atoms with Crippen LogP contribution in [0.5, 0.6) is 0 Å². The van der Waals surface area contributed by atoms with E-state index in [1.54, 1.807) is 25.7 Å². The Morgan fingerprint density at radius 2 is 1.70 bits per heavy atom. The van der Waals surface area contributed by atoms with Crippen LogP contribution < -0.4 is 4.90 Å². The Kier molecular flexibility index (Phi) is 6.86. The van der Waals surface area contributed by atoms with Crippen molar-refractivity contribution in [2.75, 3.05) is 44.3 Å². The third-order valence-corrected chi connectivity index (χ3v) is 6.08. The third kappa shape index (κ3) is 4.53. The number of piperazine rings is 1. The maximum atomic E-state index is 12.4. The van der Waals surface area contributed by atoms with Crippen LogP contribution in [0.4, 0.5) is 5.82 Å². The Labute approximate surface area is 179 Å². The molecule has 9 nitrogen and oxygen atoms in total. The molecule has 30 heavy (non-hydrogen) atoms. The fraction of sp³-hybridized carbons (Fsp3) is 0.550. The molecule has 0 aliphatic carbocycles. The molecule has 1 aliphatic heterocycles. The van der Waals surface area contributed by atoms with E-state index in [2.05, 4.69) is 14.9 Å². The first-order valence-electron chi connectivity index (χ1n) is 9.98. The lowest BCUT2D eigenvalue weighted by molar-refractivity contribution is -0.142. The van der Waals surface area contributed by atoms with Crippen molar-refractivity contribution in [3.05, 3.63) is 16.3 Å². The minimum absolute atomic E-state index is 0.0433. The highest BCUT2D eigenvalue weighted by molar-refractivity contribution is 7.20. The summed E-state index contributed by atoms with van der Waals surface area (Å²) in [5.41, 5.74) is 0.764. The normalized spacial score (nSPS) is 14.1. The lowest BCUT2D eigenvalue weighted by Crippen LogP contribution is -2.48. The average molecular weight is 435 g/mol. The molecule has 2 aromatic heterocycles. The number of anilines is 1. The predicted molar refractivity (Wildman–Crippen MR) is 113 cm³/mol. The molecule has 0 spiro atoms. The molecule has 1 aliphatic rings. The predicted octanol–water partition coefficient (Wildman–Crippen LogP) is 1.95. The number of ether oxygens (including phenoxy) is 2. The first kappa shape index (κ1) is 21.9. The number of aromatic nitrogens is 2. The Hall–Kier alpha value is -2.75. The number of amides is 1. The van der Waals surface area contributed by atoms with E-state index >= 15 is 0 Å². The van der Waals surface area contributed by atoms with Crippen molar-refractivity contribution < 1.29 is 23.9 Å². The van der Waals surface area contributed by atoms with Crippen LogP contribution in [0.3, 0.4) is 0 Å². The van der Waals surface area contributed by atoms with Gasteiger partial charge in [-0.15, -0.1) is 11.3 Å². The number of carbonyl (C=O) groups excluding carboxylic acids is 3. The van der Waals surface area contributed by atoms with Crippen LogP contribution in [0.25, 0.3) is 10.2 Å². The van der Waals surface area contributed by atoms with E-state index in [0.717, 1.165) is 10.9 Å². The number of hydrogen-bond donors (Lipinski definition) is 0. The third-order valence-electron chi connectivity index (χ3n) is 4.91. The molecular weight excluding hydrogens is 408 g/mol. The van der Waals surface area contributed by atoms with Crippen LogP contribution in [-0.2, 0) is 25.5 Å². The van der Waals surface area contributed by atoms with E-state index in [1.807, 2.05) is 6.92 Å².